The summed E-state index contributed by atoms with van der Waals surface area (Å²) >= 11 is 6.04. The Morgan fingerprint density at radius 3 is 2.17 bits per heavy atom. The smallest absolute Gasteiger partial charge is 0.137 e. The molecule has 4 nitrogen and oxygen atoms in total. The molecule has 0 saturated heterocycles. The minimum atomic E-state index is 0.594. The zero-order valence-corrected chi connectivity index (χ0v) is 17.6. The van der Waals surface area contributed by atoms with Crippen LogP contribution in [0.3, 0.4) is 0 Å². The highest BCUT2D eigenvalue weighted by atomic mass is 35.5. The first-order valence-corrected chi connectivity index (χ1v) is 10.3. The van der Waals surface area contributed by atoms with Gasteiger partial charge in [0.05, 0.1) is 24.3 Å². The van der Waals surface area contributed by atoms with Gasteiger partial charge in [0.25, 0.3) is 0 Å². The first-order valence-electron chi connectivity index (χ1n) is 9.90. The van der Waals surface area contributed by atoms with E-state index >= 15 is 0 Å². The van der Waals surface area contributed by atoms with E-state index < -0.39 is 0 Å². The van der Waals surface area contributed by atoms with Gasteiger partial charge in [0.2, 0.25) is 0 Å². The summed E-state index contributed by atoms with van der Waals surface area (Å²) in [7, 11) is 0. The maximum absolute atomic E-state index is 6.17. The van der Waals surface area contributed by atoms with Gasteiger partial charge in [0, 0.05) is 22.0 Å². The highest BCUT2D eigenvalue weighted by Gasteiger charge is 2.08. The third kappa shape index (κ3) is 4.50. The van der Waals surface area contributed by atoms with Gasteiger partial charge < -0.3 is 13.9 Å². The number of fused-ring (bicyclic) bond motifs is 1. The molecule has 0 spiro atoms. The lowest BCUT2D eigenvalue weighted by Crippen LogP contribution is -2.04. The minimum Gasteiger partial charge on any atom is -0.494 e. The Morgan fingerprint density at radius 2 is 1.47 bits per heavy atom. The molecule has 0 aliphatic rings. The lowest BCUT2D eigenvalue weighted by atomic mass is 10.1. The van der Waals surface area contributed by atoms with Gasteiger partial charge in [-0.15, -0.1) is 0 Å². The molecule has 30 heavy (non-hydrogen) atoms. The second-order valence-electron chi connectivity index (χ2n) is 6.63. The molecule has 0 unspecified atom stereocenters. The van der Waals surface area contributed by atoms with Crippen LogP contribution in [-0.2, 0) is 0 Å². The van der Waals surface area contributed by atoms with E-state index in [2.05, 4.69) is 0 Å². The molecular formula is C25H22ClNO3. The monoisotopic (exact) mass is 419 g/mol. The van der Waals surface area contributed by atoms with E-state index in [0.29, 0.717) is 24.0 Å². The van der Waals surface area contributed by atoms with Crippen molar-refractivity contribution < 1.29 is 13.9 Å². The fraction of sp³-hybridized carbons (Fsp3) is 0.160. The Bertz CT molecular complexity index is 1210. The normalized spacial score (nSPS) is 11.6. The molecule has 0 atom stereocenters. The van der Waals surface area contributed by atoms with Crippen molar-refractivity contribution >= 4 is 28.3 Å². The van der Waals surface area contributed by atoms with Gasteiger partial charge in [-0.05, 0) is 80.6 Å². The van der Waals surface area contributed by atoms with E-state index in [1.165, 1.54) is 0 Å². The molecule has 0 radical (unpaired) electrons. The van der Waals surface area contributed by atoms with Gasteiger partial charge in [0.15, 0.2) is 0 Å². The Kier molecular flexibility index (Phi) is 6.05. The lowest BCUT2D eigenvalue weighted by Gasteiger charge is -2.08. The van der Waals surface area contributed by atoms with Gasteiger partial charge in [-0.2, -0.15) is 0 Å². The number of nitrogens with zero attached hydrogens (tertiary/aromatic N) is 1. The molecule has 0 fully saturated rings. The molecule has 5 heteroatoms. The van der Waals surface area contributed by atoms with Crippen molar-refractivity contribution in [2.24, 2.45) is 4.99 Å². The molecule has 0 N–H and O–H groups in total. The third-order valence-electron chi connectivity index (χ3n) is 4.55. The molecule has 152 valence electrons. The molecule has 1 aromatic heterocycles. The summed E-state index contributed by atoms with van der Waals surface area (Å²) in [6, 6.07) is 23.0. The van der Waals surface area contributed by atoms with Gasteiger partial charge in [-0.25, -0.2) is 4.99 Å². The second kappa shape index (κ2) is 9.06. The molecule has 0 aliphatic carbocycles. The van der Waals surface area contributed by atoms with E-state index in [1.807, 2.05) is 86.6 Å². The molecule has 0 aliphatic heterocycles. The number of ether oxygens (including phenoxy) is 2. The topological polar surface area (TPSA) is 44.0 Å². The van der Waals surface area contributed by atoms with Crippen molar-refractivity contribution in [1.82, 2.24) is 0 Å². The molecular weight excluding hydrogens is 398 g/mol. The number of hydrogen-bond donors (Lipinski definition) is 0. The molecule has 4 rings (SSSR count). The van der Waals surface area contributed by atoms with E-state index in [1.54, 1.807) is 0 Å². The minimum absolute atomic E-state index is 0.594. The Labute approximate surface area is 180 Å². The van der Waals surface area contributed by atoms with Crippen LogP contribution in [0.25, 0.3) is 22.3 Å². The van der Waals surface area contributed by atoms with Gasteiger partial charge in [-0.1, -0.05) is 11.6 Å². The van der Waals surface area contributed by atoms with E-state index in [9.17, 15) is 0 Å². The average molecular weight is 420 g/mol. The van der Waals surface area contributed by atoms with Crippen molar-refractivity contribution in [3.8, 4) is 22.8 Å². The summed E-state index contributed by atoms with van der Waals surface area (Å²) in [6.07, 6.45) is 0. The summed E-state index contributed by atoms with van der Waals surface area (Å²) in [5.41, 5.74) is 2.49. The summed E-state index contributed by atoms with van der Waals surface area (Å²) in [5, 5.41) is 2.36. The standard InChI is InChI=1S/C25H22ClNO3/c1-3-28-20-11-9-19(10-12-20)27-23-16-25(17-5-7-18(26)8-6-17)30-24-14-13-21(29-4-2)15-22(23)24/h5-16H,3-4H2,1-2H3. The Hall–Kier alpha value is -3.24. The fourth-order valence-corrected chi connectivity index (χ4v) is 3.30. The number of hydrogen-bond acceptors (Lipinski definition) is 4. The average Bonchev–Trinajstić information content (AvgIpc) is 2.76. The highest BCUT2D eigenvalue weighted by Crippen LogP contribution is 2.26. The molecule has 0 amide bonds. The summed E-state index contributed by atoms with van der Waals surface area (Å²) in [6.45, 7) is 5.15. The van der Waals surface area contributed by atoms with E-state index in [4.69, 9.17) is 30.5 Å². The molecule has 3 aromatic carbocycles. The Balaban J connectivity index is 1.89. The first kappa shape index (κ1) is 20.0. The quantitative estimate of drug-likeness (QED) is 0.346. The number of rotatable bonds is 6. The van der Waals surface area contributed by atoms with E-state index in [-0.39, 0.29) is 0 Å². The zero-order chi connectivity index (χ0) is 20.9. The zero-order valence-electron chi connectivity index (χ0n) is 16.9. The lowest BCUT2D eigenvalue weighted by molar-refractivity contribution is 0.340. The Morgan fingerprint density at radius 1 is 0.800 bits per heavy atom. The van der Waals surface area contributed by atoms with Crippen LogP contribution in [0, 0.1) is 0 Å². The predicted octanol–water partition coefficient (Wildman–Crippen LogP) is 6.78. The van der Waals surface area contributed by atoms with E-state index in [0.717, 1.165) is 39.1 Å². The van der Waals surface area contributed by atoms with Crippen LogP contribution in [0.15, 0.2) is 82.2 Å². The molecule has 4 aromatic rings. The second-order valence-corrected chi connectivity index (χ2v) is 7.07. The summed E-state index contributed by atoms with van der Waals surface area (Å²) in [5.74, 6) is 2.32. The van der Waals surface area contributed by atoms with Crippen LogP contribution in [0.4, 0.5) is 5.69 Å². The predicted molar refractivity (Wildman–Crippen MR) is 121 cm³/mol. The van der Waals surface area contributed by atoms with Crippen LogP contribution in [0.2, 0.25) is 5.02 Å². The molecule has 0 saturated carbocycles. The maximum Gasteiger partial charge on any atom is 0.137 e. The van der Waals surface area contributed by atoms with Crippen molar-refractivity contribution in [3.05, 3.63) is 83.2 Å². The van der Waals surface area contributed by atoms with Crippen LogP contribution >= 0.6 is 11.6 Å². The van der Waals surface area contributed by atoms with Crippen LogP contribution in [0.5, 0.6) is 11.5 Å². The first-order chi connectivity index (χ1) is 14.7. The maximum atomic E-state index is 6.17. The van der Waals surface area contributed by atoms with Crippen LogP contribution < -0.4 is 14.8 Å². The van der Waals surface area contributed by atoms with Crippen LogP contribution in [0.1, 0.15) is 13.8 Å². The van der Waals surface area contributed by atoms with Crippen LogP contribution in [-0.4, -0.2) is 13.2 Å². The van der Waals surface area contributed by atoms with Gasteiger partial charge in [-0.3, -0.25) is 0 Å². The van der Waals surface area contributed by atoms with Crippen molar-refractivity contribution in [2.75, 3.05) is 13.2 Å². The summed E-state index contributed by atoms with van der Waals surface area (Å²) < 4.78 is 17.4. The SMILES string of the molecule is CCOc1ccc(N=c2cc(-c3ccc(Cl)cc3)oc3ccc(OCC)cc23)cc1. The van der Waals surface area contributed by atoms with Gasteiger partial charge >= 0.3 is 0 Å². The molecule has 0 bridgehead atoms. The largest absolute Gasteiger partial charge is 0.494 e. The highest BCUT2D eigenvalue weighted by molar-refractivity contribution is 6.30. The van der Waals surface area contributed by atoms with Crippen molar-refractivity contribution in [1.29, 1.82) is 0 Å². The fourth-order valence-electron chi connectivity index (χ4n) is 3.18. The van der Waals surface area contributed by atoms with Crippen molar-refractivity contribution in [3.63, 3.8) is 0 Å². The van der Waals surface area contributed by atoms with Crippen molar-refractivity contribution in [2.45, 2.75) is 13.8 Å². The number of halogens is 1. The number of benzene rings is 3. The third-order valence-corrected chi connectivity index (χ3v) is 4.80. The summed E-state index contributed by atoms with van der Waals surface area (Å²) in [4.78, 5) is 4.88. The van der Waals surface area contributed by atoms with Gasteiger partial charge in [0.1, 0.15) is 22.8 Å². The molecule has 1 heterocycles.